The predicted molar refractivity (Wildman–Crippen MR) is 72.4 cm³/mol. The van der Waals surface area contributed by atoms with Gasteiger partial charge in [-0.1, -0.05) is 12.1 Å². The average Bonchev–Trinajstić information content (AvgIpc) is 2.41. The van der Waals surface area contributed by atoms with Gasteiger partial charge >= 0.3 is 7.12 Å². The number of rotatable bonds is 5. The van der Waals surface area contributed by atoms with Crippen molar-refractivity contribution in [1.82, 2.24) is 4.57 Å². The van der Waals surface area contributed by atoms with Gasteiger partial charge in [-0.15, -0.1) is 0 Å². The molecule has 1 heterocycles. The van der Waals surface area contributed by atoms with Crippen LogP contribution >= 0.6 is 0 Å². The van der Waals surface area contributed by atoms with Gasteiger partial charge in [-0.2, -0.15) is 0 Å². The van der Waals surface area contributed by atoms with Crippen LogP contribution < -0.4 is 15.8 Å². The van der Waals surface area contributed by atoms with E-state index in [0.717, 1.165) is 12.1 Å². The number of hydrogen-bond donors (Lipinski definition) is 2. The van der Waals surface area contributed by atoms with Crippen LogP contribution in [0, 0.1) is 5.82 Å². The minimum atomic E-state index is -1.75. The number of pyridine rings is 1. The molecule has 0 bridgehead atoms. The number of aromatic nitrogens is 1. The Labute approximate surface area is 115 Å². The molecule has 0 fully saturated rings. The van der Waals surface area contributed by atoms with Gasteiger partial charge in [-0.3, -0.25) is 4.79 Å². The summed E-state index contributed by atoms with van der Waals surface area (Å²) in [6, 6.07) is 8.19. The lowest BCUT2D eigenvalue weighted by Gasteiger charge is -2.12. The zero-order valence-electron chi connectivity index (χ0n) is 10.6. The molecule has 5 nitrogen and oxygen atoms in total. The first-order chi connectivity index (χ1) is 9.58. The molecule has 0 saturated carbocycles. The van der Waals surface area contributed by atoms with Gasteiger partial charge in [-0.05, 0) is 12.1 Å². The summed E-state index contributed by atoms with van der Waals surface area (Å²) < 4.78 is 19.9. The first-order valence-electron chi connectivity index (χ1n) is 6.02. The van der Waals surface area contributed by atoms with Crippen molar-refractivity contribution in [2.24, 2.45) is 0 Å². The van der Waals surface area contributed by atoms with E-state index < -0.39 is 12.9 Å². The number of ether oxygens (including phenoxy) is 1. The van der Waals surface area contributed by atoms with Gasteiger partial charge in [-0.25, -0.2) is 4.39 Å². The van der Waals surface area contributed by atoms with Crippen molar-refractivity contribution < 1.29 is 19.2 Å². The number of hydrogen-bond acceptors (Lipinski definition) is 4. The molecule has 0 spiro atoms. The Kier molecular flexibility index (Phi) is 4.55. The van der Waals surface area contributed by atoms with Gasteiger partial charge in [0.05, 0.1) is 6.54 Å². The van der Waals surface area contributed by atoms with E-state index >= 15 is 0 Å². The lowest BCUT2D eigenvalue weighted by Crippen LogP contribution is -2.32. The summed E-state index contributed by atoms with van der Waals surface area (Å²) in [5, 5.41) is 18.3. The molecule has 0 aliphatic carbocycles. The van der Waals surface area contributed by atoms with Crippen LogP contribution in [0.1, 0.15) is 0 Å². The highest BCUT2D eigenvalue weighted by atomic mass is 19.1. The number of halogens is 1. The van der Waals surface area contributed by atoms with Gasteiger partial charge in [0.15, 0.2) is 0 Å². The van der Waals surface area contributed by atoms with Gasteiger partial charge in [0.25, 0.3) is 5.56 Å². The van der Waals surface area contributed by atoms with Crippen molar-refractivity contribution >= 4 is 12.6 Å². The highest BCUT2D eigenvalue weighted by Crippen LogP contribution is 2.10. The third-order valence-corrected chi connectivity index (χ3v) is 2.74. The number of benzene rings is 1. The normalized spacial score (nSPS) is 10.3. The molecule has 0 radical (unpaired) electrons. The van der Waals surface area contributed by atoms with E-state index in [2.05, 4.69) is 0 Å². The van der Waals surface area contributed by atoms with Crippen molar-refractivity contribution in [2.75, 3.05) is 6.61 Å². The highest BCUT2D eigenvalue weighted by Gasteiger charge is 2.17. The first kappa shape index (κ1) is 14.3. The minimum Gasteiger partial charge on any atom is -0.492 e. The fourth-order valence-corrected chi connectivity index (χ4v) is 1.75. The van der Waals surface area contributed by atoms with Gasteiger partial charge in [0.1, 0.15) is 18.2 Å². The summed E-state index contributed by atoms with van der Waals surface area (Å²) in [4.78, 5) is 11.5. The van der Waals surface area contributed by atoms with Crippen molar-refractivity contribution in [1.29, 1.82) is 0 Å². The van der Waals surface area contributed by atoms with Crippen molar-refractivity contribution in [2.45, 2.75) is 6.54 Å². The maximum absolute atomic E-state index is 13.1. The molecule has 1 aromatic heterocycles. The SMILES string of the molecule is O=c1ccccn1CCOc1cc(F)ccc1B(O)O. The molecule has 0 unspecified atom stereocenters. The molecule has 7 heteroatoms. The molecule has 0 amide bonds. The van der Waals surface area contributed by atoms with E-state index in [0.29, 0.717) is 0 Å². The van der Waals surface area contributed by atoms with E-state index in [1.165, 1.54) is 16.7 Å². The maximum Gasteiger partial charge on any atom is 0.492 e. The quantitative estimate of drug-likeness (QED) is 0.739. The predicted octanol–water partition coefficient (Wildman–Crippen LogP) is -0.254. The topological polar surface area (TPSA) is 71.7 Å². The summed E-state index contributed by atoms with van der Waals surface area (Å²) in [6.07, 6.45) is 1.61. The molecule has 0 aliphatic heterocycles. The van der Waals surface area contributed by atoms with Crippen LogP contribution in [0.4, 0.5) is 4.39 Å². The minimum absolute atomic E-state index is 0.0454. The van der Waals surface area contributed by atoms with Gasteiger partial charge in [0.2, 0.25) is 0 Å². The summed E-state index contributed by atoms with van der Waals surface area (Å²) in [5.74, 6) is -0.495. The van der Waals surface area contributed by atoms with Gasteiger partial charge in [0, 0.05) is 23.8 Å². The van der Waals surface area contributed by atoms with Crippen LogP contribution in [0.3, 0.4) is 0 Å². The molecule has 0 atom stereocenters. The van der Waals surface area contributed by atoms with E-state index in [9.17, 15) is 9.18 Å². The molecular weight excluding hydrogens is 264 g/mol. The average molecular weight is 277 g/mol. The Morgan fingerprint density at radius 2 is 2.05 bits per heavy atom. The Balaban J connectivity index is 2.06. The Morgan fingerprint density at radius 1 is 1.25 bits per heavy atom. The third kappa shape index (κ3) is 3.46. The standard InChI is InChI=1S/C13H13BFNO4/c15-10-4-5-11(14(18)19)12(9-10)20-8-7-16-6-2-1-3-13(16)17/h1-6,9,18-19H,7-8H2. The van der Waals surface area contributed by atoms with Crippen molar-refractivity contribution in [3.05, 3.63) is 58.8 Å². The summed E-state index contributed by atoms with van der Waals surface area (Å²) in [6.45, 7) is 0.379. The summed E-state index contributed by atoms with van der Waals surface area (Å²) in [5.41, 5.74) is -0.0930. The van der Waals surface area contributed by atoms with E-state index in [1.54, 1.807) is 18.3 Å². The van der Waals surface area contributed by atoms with Crippen LogP contribution in [0.25, 0.3) is 0 Å². The largest absolute Gasteiger partial charge is 0.492 e. The van der Waals surface area contributed by atoms with Crippen LogP contribution in [0.15, 0.2) is 47.4 Å². The van der Waals surface area contributed by atoms with Crippen LogP contribution in [0.2, 0.25) is 0 Å². The molecule has 0 aliphatic rings. The lowest BCUT2D eigenvalue weighted by molar-refractivity contribution is 0.295. The second-order valence-electron chi connectivity index (χ2n) is 4.14. The smallest absolute Gasteiger partial charge is 0.492 e. The molecular formula is C13H13BFNO4. The molecule has 0 saturated heterocycles. The van der Waals surface area contributed by atoms with E-state index in [4.69, 9.17) is 14.8 Å². The zero-order chi connectivity index (χ0) is 14.5. The van der Waals surface area contributed by atoms with Crippen LogP contribution in [-0.4, -0.2) is 28.3 Å². The monoisotopic (exact) mass is 277 g/mol. The highest BCUT2D eigenvalue weighted by molar-refractivity contribution is 6.59. The molecule has 1 aromatic carbocycles. The molecule has 104 valence electrons. The van der Waals surface area contributed by atoms with Crippen LogP contribution in [0.5, 0.6) is 5.75 Å². The fraction of sp³-hybridized carbons (Fsp3) is 0.154. The second kappa shape index (κ2) is 6.36. The molecule has 2 rings (SSSR count). The lowest BCUT2D eigenvalue weighted by atomic mass is 9.79. The fourth-order valence-electron chi connectivity index (χ4n) is 1.75. The first-order valence-corrected chi connectivity index (χ1v) is 6.02. The van der Waals surface area contributed by atoms with E-state index in [1.807, 2.05) is 0 Å². The Morgan fingerprint density at radius 3 is 2.75 bits per heavy atom. The second-order valence-corrected chi connectivity index (χ2v) is 4.14. The third-order valence-electron chi connectivity index (χ3n) is 2.74. The molecule has 2 N–H and O–H groups in total. The number of nitrogens with zero attached hydrogens (tertiary/aromatic N) is 1. The summed E-state index contributed by atoms with van der Waals surface area (Å²) in [7, 11) is -1.75. The van der Waals surface area contributed by atoms with Gasteiger partial charge < -0.3 is 19.4 Å². The van der Waals surface area contributed by atoms with Crippen LogP contribution in [-0.2, 0) is 6.54 Å². The van der Waals surface area contributed by atoms with E-state index in [-0.39, 0.29) is 29.9 Å². The van der Waals surface area contributed by atoms with Crippen molar-refractivity contribution in [3.63, 3.8) is 0 Å². The zero-order valence-corrected chi connectivity index (χ0v) is 10.6. The summed E-state index contributed by atoms with van der Waals surface area (Å²) >= 11 is 0. The molecule has 2 aromatic rings. The van der Waals surface area contributed by atoms with Crippen molar-refractivity contribution in [3.8, 4) is 5.75 Å². The Bertz CT molecular complexity index is 644. The maximum atomic E-state index is 13.1. The molecule has 20 heavy (non-hydrogen) atoms. The Hall–Kier alpha value is -2.12.